The molecule has 10 nitrogen and oxygen atoms in total. The quantitative estimate of drug-likeness (QED) is 0.0335. The second-order valence-electron chi connectivity index (χ2n) is 16.6. The smallest absolute Gasteiger partial charge is 0.208 e. The minimum Gasteiger partial charge on any atom is -0.506 e. The Kier molecular flexibility index (Phi) is 15.5. The molecule has 358 valence electrons. The summed E-state index contributed by atoms with van der Waals surface area (Å²) in [6, 6.07) is 55.2. The minimum absolute atomic E-state index is 0.0281. The van der Waals surface area contributed by atoms with E-state index < -0.39 is 57.3 Å². The number of hydrogen-bond acceptors (Lipinski definition) is 10. The van der Waals surface area contributed by atoms with Gasteiger partial charge in [-0.05, 0) is 72.9 Å². The molecule has 12 heteroatoms. The first-order valence-electron chi connectivity index (χ1n) is 22.2. The maximum absolute atomic E-state index is 11.5. The molecular formula is C59H52NO9PS. The third kappa shape index (κ3) is 10.1. The number of rotatable bonds is 6. The van der Waals surface area contributed by atoms with Crippen molar-refractivity contribution >= 4 is 48.6 Å². The van der Waals surface area contributed by atoms with E-state index in [-0.39, 0.29) is 22.3 Å². The molecule has 1 atom stereocenters. The molecule has 1 aromatic heterocycles. The Morgan fingerprint density at radius 2 is 0.831 bits per heavy atom. The topological polar surface area (TPSA) is 187 Å². The zero-order valence-electron chi connectivity index (χ0n) is 38.9. The van der Waals surface area contributed by atoms with Crippen LogP contribution in [0.1, 0.15) is 22.3 Å². The molecule has 0 saturated carbocycles. The van der Waals surface area contributed by atoms with Crippen LogP contribution in [0, 0.1) is 20.8 Å². The Bertz CT molecular complexity index is 3530. The molecule has 71 heavy (non-hydrogen) atoms. The summed E-state index contributed by atoms with van der Waals surface area (Å²) >= 11 is 3.44. The van der Waals surface area contributed by atoms with Crippen LogP contribution in [0.5, 0.6) is 51.7 Å². The Hall–Kier alpha value is -8.50. The van der Waals surface area contributed by atoms with E-state index in [2.05, 4.69) is 108 Å². The van der Waals surface area contributed by atoms with Gasteiger partial charge in [0.2, 0.25) is 23.0 Å². The third-order valence-corrected chi connectivity index (χ3v) is 11.9. The van der Waals surface area contributed by atoms with Crippen molar-refractivity contribution in [3.63, 3.8) is 0 Å². The number of aryl methyl sites for hydroxylation is 3. The summed E-state index contributed by atoms with van der Waals surface area (Å²) in [5, 5.41) is 98.0. The monoisotopic (exact) mass is 981 g/mol. The lowest BCUT2D eigenvalue weighted by atomic mass is 9.92. The molecule has 10 aromatic rings. The third-order valence-electron chi connectivity index (χ3n) is 11.9. The molecule has 0 saturated heterocycles. The second-order valence-corrected chi connectivity index (χ2v) is 16.6. The minimum atomic E-state index is -1.14. The van der Waals surface area contributed by atoms with E-state index >= 15 is 0 Å². The lowest BCUT2D eigenvalue weighted by molar-refractivity contribution is 0.330. The predicted molar refractivity (Wildman–Crippen MR) is 293 cm³/mol. The van der Waals surface area contributed by atoms with E-state index in [0.29, 0.717) is 5.69 Å². The molecule has 9 N–H and O–H groups in total. The average molecular weight is 982 g/mol. The summed E-state index contributed by atoms with van der Waals surface area (Å²) in [6.07, 6.45) is 1.10. The molecule has 0 aliphatic carbocycles. The zero-order chi connectivity index (χ0) is 51.1. The molecule has 10 rings (SSSR count). The fraction of sp³-hybridized carbons (Fsp3) is 0.0508. The highest BCUT2D eigenvalue weighted by molar-refractivity contribution is 8.31. The van der Waals surface area contributed by atoms with E-state index in [1.807, 2.05) is 96.4 Å². The predicted octanol–water partition coefficient (Wildman–Crippen LogP) is 14.4. The van der Waals surface area contributed by atoms with Gasteiger partial charge in [0.25, 0.3) is 0 Å². The Balaban J connectivity index is 0.000000276. The van der Waals surface area contributed by atoms with Crippen molar-refractivity contribution in [1.82, 2.24) is 4.57 Å². The van der Waals surface area contributed by atoms with Gasteiger partial charge in [-0.25, -0.2) is 0 Å². The number of thiol groups is 1. The fourth-order valence-corrected chi connectivity index (χ4v) is 8.44. The number of aromatic hydroxyl groups is 9. The largest absolute Gasteiger partial charge is 0.506 e. The molecule has 0 spiro atoms. The van der Waals surface area contributed by atoms with Crippen LogP contribution >= 0.6 is 20.7 Å². The van der Waals surface area contributed by atoms with Crippen LogP contribution in [0.4, 0.5) is 0 Å². The lowest BCUT2D eigenvalue weighted by Gasteiger charge is -2.20. The second kappa shape index (κ2) is 21.9. The van der Waals surface area contributed by atoms with Gasteiger partial charge < -0.3 is 50.5 Å². The number of phenolic OH excluding ortho intramolecular Hbond substituents is 9. The lowest BCUT2D eigenvalue weighted by Crippen LogP contribution is -1.99. The van der Waals surface area contributed by atoms with E-state index in [1.54, 1.807) is 6.07 Å². The van der Waals surface area contributed by atoms with Crippen molar-refractivity contribution < 1.29 is 46.0 Å². The average Bonchev–Trinajstić information content (AvgIpc) is 3.72. The van der Waals surface area contributed by atoms with E-state index in [0.717, 1.165) is 44.6 Å². The van der Waals surface area contributed by atoms with E-state index in [4.69, 9.17) is 0 Å². The van der Waals surface area contributed by atoms with Crippen LogP contribution in [0.25, 0.3) is 78.1 Å². The number of hydrogen-bond donors (Lipinski definition) is 10. The molecule has 0 aliphatic heterocycles. The maximum atomic E-state index is 11.5. The Morgan fingerprint density at radius 3 is 1.39 bits per heavy atom. The number of aromatic nitrogens is 1. The number of para-hydroxylation sites is 1. The van der Waals surface area contributed by atoms with Crippen molar-refractivity contribution in [1.29, 1.82) is 0 Å². The highest BCUT2D eigenvalue weighted by Gasteiger charge is 2.29. The summed E-state index contributed by atoms with van der Waals surface area (Å²) in [4.78, 5) is 0. The highest BCUT2D eigenvalue weighted by Crippen LogP contribution is 2.57. The van der Waals surface area contributed by atoms with E-state index in [9.17, 15) is 46.0 Å². The molecule has 9 aromatic carbocycles. The molecule has 0 radical (unpaired) electrons. The first-order valence-corrected chi connectivity index (χ1v) is 24.2. The molecular weight excluding hydrogens is 930 g/mol. The molecule has 1 unspecified atom stereocenters. The van der Waals surface area contributed by atoms with Crippen LogP contribution in [0.2, 0.25) is 0 Å². The van der Waals surface area contributed by atoms with Gasteiger partial charge >= 0.3 is 0 Å². The van der Waals surface area contributed by atoms with Gasteiger partial charge in [0.1, 0.15) is 5.75 Å². The van der Waals surface area contributed by atoms with Crippen molar-refractivity contribution in [2.24, 2.45) is 0 Å². The van der Waals surface area contributed by atoms with Gasteiger partial charge in [-0.1, -0.05) is 183 Å². The van der Waals surface area contributed by atoms with Crippen LogP contribution in [0.15, 0.2) is 176 Å². The molecule has 0 bridgehead atoms. The SMILES string of the molecule is C=Cc1c(O)c(O)c(O)c(-c2cc(-c3c(O)c(O)c(O)c(O)c3O)ccc2-n2c3ccccc3c3ccc(-c4cccc(C)c4)cc32)c1O.Cc1cccc(-c2ccccc2)c1.Cc1ccccc1.PS. The molecule has 1 heterocycles. The standard InChI is InChI=1S/C39H29NO9.C13H12.C7H8.H3PS/c1-3-22-31(41)30(35(45)36(46)32(22)42)25-16-21(29-33(43)37(47)39(49)38(48)34(29)44)12-14-27(25)40-26-10-5-4-9-23(26)24-13-11-20(17-28(24)40)19-8-6-7-18(2)15-19;1-11-6-5-9-13(10-11)12-7-3-2-4-8-12;1-7-5-3-2-4-6-7;1-2/h3-17,41-49H,1H2,2H3;2-10H,1H3;2-6H,1H3;2H,1H2. The van der Waals surface area contributed by atoms with Crippen LogP contribution in [-0.4, -0.2) is 50.5 Å². The van der Waals surface area contributed by atoms with Gasteiger partial charge in [-0.2, -0.15) is 12.2 Å². The molecule has 0 fully saturated rings. The Morgan fingerprint density at radius 1 is 0.380 bits per heavy atom. The van der Waals surface area contributed by atoms with Crippen LogP contribution < -0.4 is 0 Å². The first-order chi connectivity index (χ1) is 34.2. The summed E-state index contributed by atoms with van der Waals surface area (Å²) in [7, 11) is 2.11. The van der Waals surface area contributed by atoms with Crippen molar-refractivity contribution in [3.8, 4) is 102 Å². The van der Waals surface area contributed by atoms with Gasteiger partial charge in [0, 0.05) is 16.3 Å². The number of benzene rings is 9. The van der Waals surface area contributed by atoms with Crippen molar-refractivity contribution in [2.45, 2.75) is 20.8 Å². The molecule has 0 aliphatic rings. The van der Waals surface area contributed by atoms with Gasteiger partial charge in [-0.3, -0.25) is 0 Å². The first kappa shape index (κ1) is 50.4. The summed E-state index contributed by atoms with van der Waals surface area (Å²) in [5.74, 6) is -8.52. The Labute approximate surface area is 418 Å². The number of phenols is 9. The summed E-state index contributed by atoms with van der Waals surface area (Å²) in [6.45, 7) is 9.81. The van der Waals surface area contributed by atoms with Gasteiger partial charge in [0.15, 0.2) is 23.0 Å². The van der Waals surface area contributed by atoms with Gasteiger partial charge in [0.05, 0.1) is 33.4 Å². The summed E-state index contributed by atoms with van der Waals surface area (Å²) < 4.78 is 1.88. The van der Waals surface area contributed by atoms with Crippen LogP contribution in [-0.2, 0) is 0 Å². The summed E-state index contributed by atoms with van der Waals surface area (Å²) in [5.41, 5.74) is 8.85. The van der Waals surface area contributed by atoms with Gasteiger partial charge in [-0.15, -0.1) is 0 Å². The van der Waals surface area contributed by atoms with E-state index in [1.165, 1.54) is 34.4 Å². The van der Waals surface area contributed by atoms with Crippen LogP contribution in [0.3, 0.4) is 0 Å². The normalized spacial score (nSPS) is 10.6. The highest BCUT2D eigenvalue weighted by atomic mass is 32.7. The fourth-order valence-electron chi connectivity index (χ4n) is 8.44. The zero-order valence-corrected chi connectivity index (χ0v) is 41.0. The van der Waals surface area contributed by atoms with Crippen molar-refractivity contribution in [3.05, 3.63) is 199 Å². The maximum Gasteiger partial charge on any atom is 0.208 e. The molecule has 0 amide bonds. The number of nitrogens with zero attached hydrogens (tertiary/aromatic N) is 1. The number of fused-ring (bicyclic) bond motifs is 3. The van der Waals surface area contributed by atoms with Crippen molar-refractivity contribution in [2.75, 3.05) is 0 Å².